The van der Waals surface area contributed by atoms with Gasteiger partial charge in [-0.3, -0.25) is 5.21 Å². The smallest absolute Gasteiger partial charge is 0.388 e. The molecule has 1 N–H and O–H groups in total. The maximum atomic E-state index is 11.1. The molecule has 2 aromatic rings. The average molecular weight is 208 g/mol. The minimum atomic E-state index is -0.509. The van der Waals surface area contributed by atoms with Gasteiger partial charge in [0.05, 0.1) is 5.56 Å². The van der Waals surface area contributed by atoms with E-state index in [-0.39, 0.29) is 5.89 Å². The standard InChI is InChI=1S/C9H10N3O3/c1-6-5-12(14)4-3-7(6)8-10-11(2)9(13)15-8/h3-5,14H,1-2H3/q+1. The molecule has 0 fully saturated rings. The van der Waals surface area contributed by atoms with Gasteiger partial charge in [0.15, 0.2) is 0 Å². The molecule has 0 atom stereocenters. The van der Waals surface area contributed by atoms with E-state index in [1.807, 2.05) is 0 Å². The Balaban J connectivity index is 2.59. The van der Waals surface area contributed by atoms with E-state index in [1.165, 1.54) is 19.4 Å². The van der Waals surface area contributed by atoms with Crippen LogP contribution in [0.25, 0.3) is 11.5 Å². The van der Waals surface area contributed by atoms with Crippen molar-refractivity contribution in [1.29, 1.82) is 0 Å². The van der Waals surface area contributed by atoms with Crippen molar-refractivity contribution in [1.82, 2.24) is 9.78 Å². The molecule has 6 nitrogen and oxygen atoms in total. The summed E-state index contributed by atoms with van der Waals surface area (Å²) >= 11 is 0. The molecule has 2 aromatic heterocycles. The van der Waals surface area contributed by atoms with Gasteiger partial charge in [-0.15, -0.1) is 5.10 Å². The molecular weight excluding hydrogens is 198 g/mol. The summed E-state index contributed by atoms with van der Waals surface area (Å²) in [6, 6.07) is 1.63. The Hall–Kier alpha value is -2.11. The molecule has 2 rings (SSSR count). The quantitative estimate of drug-likeness (QED) is 0.523. The lowest BCUT2D eigenvalue weighted by atomic mass is 10.2. The number of nitrogens with zero attached hydrogens (tertiary/aromatic N) is 3. The lowest BCUT2D eigenvalue weighted by molar-refractivity contribution is -0.905. The van der Waals surface area contributed by atoms with Crippen LogP contribution < -0.4 is 10.5 Å². The summed E-state index contributed by atoms with van der Waals surface area (Å²) in [6.07, 6.45) is 2.95. The third-order valence-corrected chi connectivity index (χ3v) is 2.06. The minimum Gasteiger partial charge on any atom is -0.388 e. The molecule has 0 bridgehead atoms. The zero-order valence-electron chi connectivity index (χ0n) is 8.34. The zero-order chi connectivity index (χ0) is 11.0. The normalized spacial score (nSPS) is 10.5. The second kappa shape index (κ2) is 3.23. The monoisotopic (exact) mass is 208 g/mol. The Kier molecular flexibility index (Phi) is 2.03. The molecule has 78 valence electrons. The van der Waals surface area contributed by atoms with E-state index in [9.17, 15) is 4.79 Å². The summed E-state index contributed by atoms with van der Waals surface area (Å²) in [5.41, 5.74) is 1.44. The average Bonchev–Trinajstić information content (AvgIpc) is 2.46. The van der Waals surface area contributed by atoms with Crippen LogP contribution in [0.4, 0.5) is 0 Å². The highest BCUT2D eigenvalue weighted by Crippen LogP contribution is 2.17. The second-order valence-corrected chi connectivity index (χ2v) is 3.22. The SMILES string of the molecule is Cc1c[n+](O)ccc1-c1nn(C)c(=O)o1. The van der Waals surface area contributed by atoms with Crippen LogP contribution in [-0.4, -0.2) is 15.0 Å². The summed E-state index contributed by atoms with van der Waals surface area (Å²) in [5, 5.41) is 13.1. The molecule has 0 aliphatic carbocycles. The number of pyridine rings is 1. The van der Waals surface area contributed by atoms with Gasteiger partial charge >= 0.3 is 5.76 Å². The van der Waals surface area contributed by atoms with Crippen LogP contribution in [0.1, 0.15) is 5.56 Å². The third-order valence-electron chi connectivity index (χ3n) is 2.06. The van der Waals surface area contributed by atoms with E-state index in [0.29, 0.717) is 5.56 Å². The van der Waals surface area contributed by atoms with Crippen molar-refractivity contribution in [2.75, 3.05) is 0 Å². The molecule has 0 radical (unpaired) electrons. The summed E-state index contributed by atoms with van der Waals surface area (Å²) in [7, 11) is 1.51. The van der Waals surface area contributed by atoms with Gasteiger partial charge in [0, 0.05) is 23.4 Å². The topological polar surface area (TPSA) is 72.1 Å². The van der Waals surface area contributed by atoms with Crippen molar-refractivity contribution in [3.05, 3.63) is 34.6 Å². The lowest BCUT2D eigenvalue weighted by Crippen LogP contribution is -2.28. The molecule has 0 unspecified atom stereocenters. The number of hydrogen-bond donors (Lipinski definition) is 1. The van der Waals surface area contributed by atoms with Crippen LogP contribution in [0.3, 0.4) is 0 Å². The molecule has 0 aromatic carbocycles. The Morgan fingerprint density at radius 1 is 1.60 bits per heavy atom. The highest BCUT2D eigenvalue weighted by Gasteiger charge is 2.13. The van der Waals surface area contributed by atoms with Crippen LogP contribution in [-0.2, 0) is 7.05 Å². The van der Waals surface area contributed by atoms with Crippen molar-refractivity contribution in [2.24, 2.45) is 7.05 Å². The van der Waals surface area contributed by atoms with Gasteiger partial charge < -0.3 is 4.42 Å². The highest BCUT2D eigenvalue weighted by atomic mass is 16.5. The lowest BCUT2D eigenvalue weighted by Gasteiger charge is -1.95. The predicted octanol–water partition coefficient (Wildman–Crippen LogP) is -0.126. The zero-order valence-corrected chi connectivity index (χ0v) is 8.34. The molecule has 0 saturated heterocycles. The first-order valence-electron chi connectivity index (χ1n) is 4.33. The molecule has 0 spiro atoms. The van der Waals surface area contributed by atoms with Crippen LogP contribution >= 0.6 is 0 Å². The Labute approximate surface area is 85.0 Å². The van der Waals surface area contributed by atoms with Crippen molar-refractivity contribution >= 4 is 0 Å². The van der Waals surface area contributed by atoms with Gasteiger partial charge in [0.1, 0.15) is 0 Å². The van der Waals surface area contributed by atoms with Crippen LogP contribution in [0.5, 0.6) is 0 Å². The number of hydrogen-bond acceptors (Lipinski definition) is 4. The largest absolute Gasteiger partial charge is 0.437 e. The first-order chi connectivity index (χ1) is 7.08. The summed E-state index contributed by atoms with van der Waals surface area (Å²) < 4.78 is 6.98. The molecule has 2 heterocycles. The number of aromatic nitrogens is 3. The first-order valence-corrected chi connectivity index (χ1v) is 4.33. The van der Waals surface area contributed by atoms with Crippen molar-refractivity contribution in [3.8, 4) is 11.5 Å². The minimum absolute atomic E-state index is 0.251. The van der Waals surface area contributed by atoms with E-state index < -0.39 is 5.76 Å². The number of rotatable bonds is 1. The molecule has 0 saturated carbocycles. The molecular formula is C9H10N3O3+. The fraction of sp³-hybridized carbons (Fsp3) is 0.222. The third kappa shape index (κ3) is 1.61. The maximum Gasteiger partial charge on any atom is 0.437 e. The van der Waals surface area contributed by atoms with E-state index in [1.54, 1.807) is 13.0 Å². The molecule has 6 heteroatoms. The van der Waals surface area contributed by atoms with Gasteiger partial charge in [0.25, 0.3) is 0 Å². The molecule has 0 aliphatic rings. The van der Waals surface area contributed by atoms with E-state index in [4.69, 9.17) is 9.62 Å². The van der Waals surface area contributed by atoms with Crippen molar-refractivity contribution < 1.29 is 14.4 Å². The Morgan fingerprint density at radius 2 is 2.33 bits per heavy atom. The van der Waals surface area contributed by atoms with Crippen LogP contribution in [0.2, 0.25) is 0 Å². The van der Waals surface area contributed by atoms with Gasteiger partial charge in [-0.1, -0.05) is 0 Å². The first kappa shape index (κ1) is 9.45. The fourth-order valence-corrected chi connectivity index (χ4v) is 1.29. The maximum absolute atomic E-state index is 11.1. The van der Waals surface area contributed by atoms with Gasteiger partial charge in [-0.25, -0.2) is 4.79 Å². The Morgan fingerprint density at radius 3 is 2.87 bits per heavy atom. The second-order valence-electron chi connectivity index (χ2n) is 3.22. The summed E-state index contributed by atoms with van der Waals surface area (Å²) in [5.74, 6) is -0.259. The molecule has 0 aliphatic heterocycles. The van der Waals surface area contributed by atoms with Crippen LogP contribution in [0.15, 0.2) is 27.7 Å². The van der Waals surface area contributed by atoms with Crippen molar-refractivity contribution in [3.63, 3.8) is 0 Å². The van der Waals surface area contributed by atoms with Gasteiger partial charge in [-0.05, 0) is 6.92 Å². The van der Waals surface area contributed by atoms with Crippen LogP contribution in [0, 0.1) is 6.92 Å². The molecule has 15 heavy (non-hydrogen) atoms. The van der Waals surface area contributed by atoms with E-state index in [2.05, 4.69) is 5.10 Å². The van der Waals surface area contributed by atoms with Gasteiger partial charge in [0.2, 0.25) is 18.3 Å². The molecule has 0 amide bonds. The number of aryl methyl sites for hydroxylation is 2. The summed E-state index contributed by atoms with van der Waals surface area (Å²) in [6.45, 7) is 1.79. The highest BCUT2D eigenvalue weighted by molar-refractivity contribution is 5.55. The van der Waals surface area contributed by atoms with Gasteiger partial charge in [-0.2, -0.15) is 4.68 Å². The summed E-state index contributed by atoms with van der Waals surface area (Å²) in [4.78, 5) is 11.1. The van der Waals surface area contributed by atoms with E-state index in [0.717, 1.165) is 15.0 Å². The van der Waals surface area contributed by atoms with E-state index >= 15 is 0 Å². The fourth-order valence-electron chi connectivity index (χ4n) is 1.29. The van der Waals surface area contributed by atoms with Crippen molar-refractivity contribution in [2.45, 2.75) is 6.92 Å². The predicted molar refractivity (Wildman–Crippen MR) is 49.3 cm³/mol. The Bertz CT molecular complexity index is 556.